The van der Waals surface area contributed by atoms with E-state index in [4.69, 9.17) is 5.26 Å². The number of pyridine rings is 1. The van der Waals surface area contributed by atoms with E-state index in [0.29, 0.717) is 5.69 Å². The molecule has 2 aromatic rings. The maximum atomic E-state index is 12.2. The van der Waals surface area contributed by atoms with Gasteiger partial charge in [-0.1, -0.05) is 31.2 Å². The van der Waals surface area contributed by atoms with Gasteiger partial charge in [-0.15, -0.1) is 0 Å². The second kappa shape index (κ2) is 6.19. The molecule has 21 heavy (non-hydrogen) atoms. The predicted molar refractivity (Wildman–Crippen MR) is 80.9 cm³/mol. The standard InChI is InChI=1S/C17H16N2O2/c1-3-13-4-6-14(7-5-13)16-9-8-15(10-18)17(21)19(16)11-12(2)20/h4-9H,3,11H2,1-2H3. The fourth-order valence-electron chi connectivity index (χ4n) is 2.21. The molecule has 0 N–H and O–H groups in total. The summed E-state index contributed by atoms with van der Waals surface area (Å²) in [6.45, 7) is 3.47. The van der Waals surface area contributed by atoms with Crippen molar-refractivity contribution in [2.45, 2.75) is 26.8 Å². The minimum absolute atomic E-state index is 0.0286. The van der Waals surface area contributed by atoms with E-state index in [1.807, 2.05) is 30.3 Å². The lowest BCUT2D eigenvalue weighted by molar-refractivity contribution is -0.117. The summed E-state index contributed by atoms with van der Waals surface area (Å²) in [5.74, 6) is -0.126. The van der Waals surface area contributed by atoms with Crippen molar-refractivity contribution in [2.75, 3.05) is 0 Å². The van der Waals surface area contributed by atoms with Crippen molar-refractivity contribution in [3.05, 3.63) is 57.9 Å². The number of hydrogen-bond acceptors (Lipinski definition) is 3. The van der Waals surface area contributed by atoms with Crippen LogP contribution in [0.4, 0.5) is 0 Å². The lowest BCUT2D eigenvalue weighted by Crippen LogP contribution is -2.26. The van der Waals surface area contributed by atoms with Gasteiger partial charge in [-0.25, -0.2) is 0 Å². The van der Waals surface area contributed by atoms with Crippen LogP contribution in [0.3, 0.4) is 0 Å². The number of rotatable bonds is 4. The summed E-state index contributed by atoms with van der Waals surface area (Å²) in [5.41, 5.74) is 2.33. The van der Waals surface area contributed by atoms with E-state index in [2.05, 4.69) is 6.92 Å². The minimum atomic E-state index is -0.426. The van der Waals surface area contributed by atoms with Gasteiger partial charge in [0.25, 0.3) is 5.56 Å². The number of ketones is 1. The summed E-state index contributed by atoms with van der Waals surface area (Å²) >= 11 is 0. The van der Waals surface area contributed by atoms with Crippen LogP contribution in [0.5, 0.6) is 0 Å². The molecule has 0 fully saturated rings. The van der Waals surface area contributed by atoms with Crippen LogP contribution in [0.25, 0.3) is 11.3 Å². The Morgan fingerprint density at radius 3 is 2.38 bits per heavy atom. The molecule has 0 saturated carbocycles. The van der Waals surface area contributed by atoms with Gasteiger partial charge >= 0.3 is 0 Å². The summed E-state index contributed by atoms with van der Waals surface area (Å²) < 4.78 is 1.36. The SMILES string of the molecule is CCc1ccc(-c2ccc(C#N)c(=O)n2CC(C)=O)cc1. The first-order valence-electron chi connectivity index (χ1n) is 6.79. The zero-order chi connectivity index (χ0) is 15.4. The second-order valence-electron chi connectivity index (χ2n) is 4.89. The van der Waals surface area contributed by atoms with Gasteiger partial charge in [0, 0.05) is 0 Å². The molecule has 0 aliphatic heterocycles. The molecule has 4 heteroatoms. The Labute approximate surface area is 123 Å². The molecule has 0 bridgehead atoms. The zero-order valence-electron chi connectivity index (χ0n) is 12.1. The third-order valence-corrected chi connectivity index (χ3v) is 3.33. The highest BCUT2D eigenvalue weighted by Crippen LogP contribution is 2.19. The Hall–Kier alpha value is -2.67. The maximum absolute atomic E-state index is 12.2. The van der Waals surface area contributed by atoms with Gasteiger partial charge in [-0.2, -0.15) is 5.26 Å². The Kier molecular flexibility index (Phi) is 4.34. The van der Waals surface area contributed by atoms with Crippen molar-refractivity contribution in [3.8, 4) is 17.3 Å². The summed E-state index contributed by atoms with van der Waals surface area (Å²) in [6.07, 6.45) is 0.938. The summed E-state index contributed by atoms with van der Waals surface area (Å²) in [5, 5.41) is 8.96. The van der Waals surface area contributed by atoms with Crippen LogP contribution >= 0.6 is 0 Å². The van der Waals surface area contributed by atoms with Crippen LogP contribution < -0.4 is 5.56 Å². The average molecular weight is 280 g/mol. The average Bonchev–Trinajstić information content (AvgIpc) is 2.49. The topological polar surface area (TPSA) is 62.9 Å². The normalized spacial score (nSPS) is 10.1. The first-order valence-corrected chi connectivity index (χ1v) is 6.79. The molecule has 0 saturated heterocycles. The predicted octanol–water partition coefficient (Wildman–Crippen LogP) is 2.54. The number of carbonyl (C=O) groups is 1. The Bertz CT molecular complexity index is 765. The Morgan fingerprint density at radius 1 is 1.19 bits per heavy atom. The Morgan fingerprint density at radius 2 is 1.86 bits per heavy atom. The number of hydrogen-bond donors (Lipinski definition) is 0. The fraction of sp³-hybridized carbons (Fsp3) is 0.235. The number of nitriles is 1. The molecule has 1 aromatic carbocycles. The molecule has 0 aliphatic rings. The van der Waals surface area contributed by atoms with Crippen molar-refractivity contribution < 1.29 is 4.79 Å². The molecule has 1 aromatic heterocycles. The quantitative estimate of drug-likeness (QED) is 0.864. The van der Waals surface area contributed by atoms with E-state index in [0.717, 1.165) is 12.0 Å². The second-order valence-corrected chi connectivity index (χ2v) is 4.89. The molecule has 0 spiro atoms. The highest BCUT2D eigenvalue weighted by Gasteiger charge is 2.11. The fourth-order valence-corrected chi connectivity index (χ4v) is 2.21. The molecule has 0 radical (unpaired) electrons. The van der Waals surface area contributed by atoms with Crippen LogP contribution in [0.15, 0.2) is 41.2 Å². The number of benzene rings is 1. The zero-order valence-corrected chi connectivity index (χ0v) is 12.1. The number of nitrogens with zero attached hydrogens (tertiary/aromatic N) is 2. The lowest BCUT2D eigenvalue weighted by atomic mass is 10.1. The molecule has 4 nitrogen and oxygen atoms in total. The maximum Gasteiger partial charge on any atom is 0.269 e. The molecule has 0 atom stereocenters. The van der Waals surface area contributed by atoms with Crippen molar-refractivity contribution in [1.82, 2.24) is 4.57 Å². The molecule has 1 heterocycles. The van der Waals surface area contributed by atoms with Gasteiger partial charge in [-0.3, -0.25) is 14.2 Å². The van der Waals surface area contributed by atoms with Gasteiger partial charge in [0.05, 0.1) is 12.2 Å². The van der Waals surface area contributed by atoms with E-state index >= 15 is 0 Å². The van der Waals surface area contributed by atoms with E-state index in [9.17, 15) is 9.59 Å². The largest absolute Gasteiger partial charge is 0.300 e. The van der Waals surface area contributed by atoms with E-state index in [-0.39, 0.29) is 17.9 Å². The van der Waals surface area contributed by atoms with Crippen LogP contribution in [0.2, 0.25) is 0 Å². The van der Waals surface area contributed by atoms with Crippen molar-refractivity contribution in [1.29, 1.82) is 5.26 Å². The first kappa shape index (κ1) is 14.7. The van der Waals surface area contributed by atoms with Gasteiger partial charge in [0.2, 0.25) is 0 Å². The number of Topliss-reactive ketones (excluding diaryl/α,β-unsaturated/α-hetero) is 1. The van der Waals surface area contributed by atoms with Gasteiger partial charge in [-0.05, 0) is 36.6 Å². The van der Waals surface area contributed by atoms with Gasteiger partial charge in [0.1, 0.15) is 17.4 Å². The number of aryl methyl sites for hydroxylation is 1. The highest BCUT2D eigenvalue weighted by atomic mass is 16.1. The number of aromatic nitrogens is 1. The van der Waals surface area contributed by atoms with E-state index in [1.54, 1.807) is 6.07 Å². The molecular weight excluding hydrogens is 264 g/mol. The van der Waals surface area contributed by atoms with Crippen molar-refractivity contribution in [2.24, 2.45) is 0 Å². The van der Waals surface area contributed by atoms with Crippen molar-refractivity contribution >= 4 is 5.78 Å². The summed E-state index contributed by atoms with van der Waals surface area (Å²) in [4.78, 5) is 23.6. The molecule has 106 valence electrons. The highest BCUT2D eigenvalue weighted by molar-refractivity contribution is 5.76. The third kappa shape index (κ3) is 3.09. The van der Waals surface area contributed by atoms with Crippen LogP contribution in [0, 0.1) is 11.3 Å². The van der Waals surface area contributed by atoms with E-state index in [1.165, 1.54) is 23.1 Å². The number of carbonyl (C=O) groups excluding carboxylic acids is 1. The van der Waals surface area contributed by atoms with Crippen LogP contribution in [-0.4, -0.2) is 10.4 Å². The molecule has 0 unspecified atom stereocenters. The van der Waals surface area contributed by atoms with Gasteiger partial charge in [0.15, 0.2) is 0 Å². The summed E-state index contributed by atoms with van der Waals surface area (Å²) in [6, 6.07) is 12.9. The van der Waals surface area contributed by atoms with Crippen molar-refractivity contribution in [3.63, 3.8) is 0 Å². The molecule has 0 amide bonds. The van der Waals surface area contributed by atoms with E-state index < -0.39 is 5.56 Å². The minimum Gasteiger partial charge on any atom is -0.300 e. The van der Waals surface area contributed by atoms with Crippen LogP contribution in [0.1, 0.15) is 25.0 Å². The lowest BCUT2D eigenvalue weighted by Gasteiger charge is -2.12. The van der Waals surface area contributed by atoms with Gasteiger partial charge < -0.3 is 0 Å². The molecule has 2 rings (SSSR count). The Balaban J connectivity index is 2.61. The summed E-state index contributed by atoms with van der Waals surface area (Å²) in [7, 11) is 0. The monoisotopic (exact) mass is 280 g/mol. The third-order valence-electron chi connectivity index (χ3n) is 3.33. The first-order chi connectivity index (χ1) is 10.1. The van der Waals surface area contributed by atoms with Crippen LogP contribution in [-0.2, 0) is 17.8 Å². The molecule has 0 aliphatic carbocycles. The molecular formula is C17H16N2O2. The smallest absolute Gasteiger partial charge is 0.269 e.